The highest BCUT2D eigenvalue weighted by atomic mass is 79.9. The Morgan fingerprint density at radius 1 is 1.37 bits per heavy atom. The first-order chi connectivity index (χ1) is 9.01. The number of rotatable bonds is 7. The smallest absolute Gasteiger partial charge is 0.258 e. The number of benzene rings is 1. The van der Waals surface area contributed by atoms with Gasteiger partial charge in [0.05, 0.1) is 0 Å². The number of carbonyl (C=O) groups is 1. The van der Waals surface area contributed by atoms with E-state index in [1.165, 1.54) is 0 Å². The summed E-state index contributed by atoms with van der Waals surface area (Å²) < 4.78 is 5.39. The van der Waals surface area contributed by atoms with Crippen molar-refractivity contribution in [1.82, 2.24) is 5.32 Å². The molecule has 1 aromatic rings. The van der Waals surface area contributed by atoms with Gasteiger partial charge in [0.1, 0.15) is 5.75 Å². The van der Waals surface area contributed by atoms with E-state index in [0.29, 0.717) is 16.7 Å². The van der Waals surface area contributed by atoms with E-state index in [1.54, 1.807) is 24.3 Å². The molecular weight excluding hydrogens is 330 g/mol. The van der Waals surface area contributed by atoms with Crippen molar-refractivity contribution in [3.8, 4) is 5.75 Å². The van der Waals surface area contributed by atoms with Crippen LogP contribution < -0.4 is 10.1 Å². The van der Waals surface area contributed by atoms with E-state index in [-0.39, 0.29) is 18.6 Å². The van der Waals surface area contributed by atoms with Crippen LogP contribution in [0, 0.1) is 5.92 Å². The molecule has 0 spiro atoms. The van der Waals surface area contributed by atoms with Gasteiger partial charge in [-0.3, -0.25) is 4.79 Å². The molecule has 0 aromatic heterocycles. The van der Waals surface area contributed by atoms with Gasteiger partial charge in [-0.15, -0.1) is 0 Å². The Morgan fingerprint density at radius 2 is 2.00 bits per heavy atom. The molecule has 106 valence electrons. The summed E-state index contributed by atoms with van der Waals surface area (Å²) in [6, 6.07) is 7.09. The predicted octanol–water partition coefficient (Wildman–Crippen LogP) is 3.64. The van der Waals surface area contributed by atoms with E-state index in [0.717, 1.165) is 11.8 Å². The van der Waals surface area contributed by atoms with Crippen LogP contribution in [0.1, 0.15) is 20.3 Å². The molecule has 1 rings (SSSR count). The molecule has 1 atom stereocenters. The van der Waals surface area contributed by atoms with Gasteiger partial charge in [0.15, 0.2) is 6.61 Å². The molecule has 19 heavy (non-hydrogen) atoms. The van der Waals surface area contributed by atoms with Gasteiger partial charge in [0.2, 0.25) is 0 Å². The SMILES string of the molecule is CC(C)CC(CBr)NC(=O)COc1ccc(Cl)cc1. The Bertz CT molecular complexity index is 395. The maximum atomic E-state index is 11.8. The van der Waals surface area contributed by atoms with Crippen molar-refractivity contribution in [1.29, 1.82) is 0 Å². The van der Waals surface area contributed by atoms with Gasteiger partial charge >= 0.3 is 0 Å². The highest BCUT2D eigenvalue weighted by Gasteiger charge is 2.13. The molecule has 0 heterocycles. The fourth-order valence-corrected chi connectivity index (χ4v) is 2.23. The van der Waals surface area contributed by atoms with Crippen molar-refractivity contribution in [2.75, 3.05) is 11.9 Å². The Morgan fingerprint density at radius 3 is 2.53 bits per heavy atom. The van der Waals surface area contributed by atoms with Crippen molar-refractivity contribution < 1.29 is 9.53 Å². The van der Waals surface area contributed by atoms with Crippen molar-refractivity contribution in [2.24, 2.45) is 5.92 Å². The Balaban J connectivity index is 2.36. The zero-order valence-corrected chi connectivity index (χ0v) is 13.5. The molecule has 3 nitrogen and oxygen atoms in total. The minimum atomic E-state index is -0.111. The van der Waals surface area contributed by atoms with Crippen LogP contribution in [-0.2, 0) is 4.79 Å². The third kappa shape index (κ3) is 6.83. The number of alkyl halides is 1. The number of ether oxygens (including phenoxy) is 1. The lowest BCUT2D eigenvalue weighted by Gasteiger charge is -2.18. The number of hydrogen-bond donors (Lipinski definition) is 1. The summed E-state index contributed by atoms with van der Waals surface area (Å²) >= 11 is 9.18. The zero-order valence-electron chi connectivity index (χ0n) is 11.2. The van der Waals surface area contributed by atoms with Crippen LogP contribution in [0.4, 0.5) is 0 Å². The van der Waals surface area contributed by atoms with E-state index < -0.39 is 0 Å². The maximum Gasteiger partial charge on any atom is 0.258 e. The molecule has 0 radical (unpaired) electrons. The summed E-state index contributed by atoms with van der Waals surface area (Å²) in [5.74, 6) is 1.07. The molecule has 0 aliphatic carbocycles. The molecule has 0 fully saturated rings. The summed E-state index contributed by atoms with van der Waals surface area (Å²) in [7, 11) is 0. The average molecular weight is 349 g/mol. The molecule has 0 bridgehead atoms. The largest absolute Gasteiger partial charge is 0.484 e. The first-order valence-electron chi connectivity index (χ1n) is 6.25. The van der Waals surface area contributed by atoms with Gasteiger partial charge in [-0.05, 0) is 36.6 Å². The topological polar surface area (TPSA) is 38.3 Å². The van der Waals surface area contributed by atoms with Crippen LogP contribution in [0.15, 0.2) is 24.3 Å². The number of hydrogen-bond acceptors (Lipinski definition) is 2. The normalized spacial score (nSPS) is 12.3. The second kappa shape index (κ2) is 8.43. The van der Waals surface area contributed by atoms with Crippen LogP contribution in [-0.4, -0.2) is 23.9 Å². The molecule has 1 N–H and O–H groups in total. The molecule has 5 heteroatoms. The molecule has 1 amide bonds. The summed E-state index contributed by atoms with van der Waals surface area (Å²) in [6.45, 7) is 4.28. The minimum absolute atomic E-state index is 0.0171. The molecule has 0 aliphatic heterocycles. The van der Waals surface area contributed by atoms with Gasteiger partial charge in [-0.1, -0.05) is 41.4 Å². The molecule has 1 aromatic carbocycles. The van der Waals surface area contributed by atoms with Crippen LogP contribution in [0.3, 0.4) is 0 Å². The van der Waals surface area contributed by atoms with E-state index in [9.17, 15) is 4.79 Å². The summed E-state index contributed by atoms with van der Waals surface area (Å²) in [5, 5.41) is 4.34. The Kier molecular flexibility index (Phi) is 7.24. The molecule has 1 unspecified atom stereocenters. The van der Waals surface area contributed by atoms with Crippen LogP contribution in [0.25, 0.3) is 0 Å². The van der Waals surface area contributed by atoms with E-state index >= 15 is 0 Å². The first-order valence-corrected chi connectivity index (χ1v) is 7.75. The maximum absolute atomic E-state index is 11.8. The fraction of sp³-hybridized carbons (Fsp3) is 0.500. The zero-order chi connectivity index (χ0) is 14.3. The van der Waals surface area contributed by atoms with E-state index in [2.05, 4.69) is 35.1 Å². The monoisotopic (exact) mass is 347 g/mol. The van der Waals surface area contributed by atoms with Crippen LogP contribution in [0.2, 0.25) is 5.02 Å². The lowest BCUT2D eigenvalue weighted by molar-refractivity contribution is -0.123. The lowest BCUT2D eigenvalue weighted by atomic mass is 10.1. The van der Waals surface area contributed by atoms with Crippen molar-refractivity contribution in [3.05, 3.63) is 29.3 Å². The summed E-state index contributed by atoms with van der Waals surface area (Å²) in [4.78, 5) is 11.8. The van der Waals surface area contributed by atoms with Gasteiger partial charge in [-0.25, -0.2) is 0 Å². The molecular formula is C14H19BrClNO2. The number of nitrogens with one attached hydrogen (secondary N) is 1. The third-order valence-electron chi connectivity index (χ3n) is 2.49. The predicted molar refractivity (Wildman–Crippen MR) is 82.1 cm³/mol. The summed E-state index contributed by atoms with van der Waals surface area (Å²) in [6.07, 6.45) is 0.942. The highest BCUT2D eigenvalue weighted by molar-refractivity contribution is 9.09. The molecule has 0 saturated heterocycles. The van der Waals surface area contributed by atoms with Gasteiger partial charge in [0.25, 0.3) is 5.91 Å². The van der Waals surface area contributed by atoms with Crippen molar-refractivity contribution in [2.45, 2.75) is 26.3 Å². The van der Waals surface area contributed by atoms with Gasteiger partial charge < -0.3 is 10.1 Å². The molecule has 0 saturated carbocycles. The quantitative estimate of drug-likeness (QED) is 0.764. The fourth-order valence-electron chi connectivity index (χ4n) is 1.68. The van der Waals surface area contributed by atoms with E-state index in [4.69, 9.17) is 16.3 Å². The first kappa shape index (κ1) is 16.3. The van der Waals surface area contributed by atoms with E-state index in [1.807, 2.05) is 0 Å². The standard InChI is InChI=1S/C14H19BrClNO2/c1-10(2)7-12(8-15)17-14(18)9-19-13-5-3-11(16)4-6-13/h3-6,10,12H,7-9H2,1-2H3,(H,17,18). The Hall–Kier alpha value is -0.740. The number of amides is 1. The minimum Gasteiger partial charge on any atom is -0.484 e. The highest BCUT2D eigenvalue weighted by Crippen LogP contribution is 2.15. The van der Waals surface area contributed by atoms with Crippen LogP contribution in [0.5, 0.6) is 5.75 Å². The van der Waals surface area contributed by atoms with Crippen molar-refractivity contribution in [3.63, 3.8) is 0 Å². The number of carbonyl (C=O) groups excluding carboxylic acids is 1. The van der Waals surface area contributed by atoms with Gasteiger partial charge in [-0.2, -0.15) is 0 Å². The second-order valence-electron chi connectivity index (χ2n) is 4.79. The van der Waals surface area contributed by atoms with Crippen LogP contribution >= 0.6 is 27.5 Å². The number of halogens is 2. The molecule has 0 aliphatic rings. The summed E-state index contributed by atoms with van der Waals surface area (Å²) in [5.41, 5.74) is 0. The Labute approximate surface area is 127 Å². The second-order valence-corrected chi connectivity index (χ2v) is 5.87. The average Bonchev–Trinajstić information content (AvgIpc) is 2.36. The lowest BCUT2D eigenvalue weighted by Crippen LogP contribution is -2.39. The van der Waals surface area contributed by atoms with Gasteiger partial charge in [0, 0.05) is 16.4 Å². The van der Waals surface area contributed by atoms with Crippen molar-refractivity contribution >= 4 is 33.4 Å². The third-order valence-corrected chi connectivity index (χ3v) is 3.52.